The quantitative estimate of drug-likeness (QED) is 0.513. The van der Waals surface area contributed by atoms with Gasteiger partial charge in [0, 0.05) is 18.2 Å². The first-order chi connectivity index (χ1) is 13.7. The molecular weight excluding hydrogens is 396 g/mol. The summed E-state index contributed by atoms with van der Waals surface area (Å²) in [6.45, 7) is 1.17. The number of hydrogen-bond donors (Lipinski definition) is 1. The van der Waals surface area contributed by atoms with Gasteiger partial charge in [-0.05, 0) is 19.1 Å². The van der Waals surface area contributed by atoms with Crippen LogP contribution in [-0.2, 0) is 20.4 Å². The summed E-state index contributed by atoms with van der Waals surface area (Å²) in [7, 11) is -3.18. The average Bonchev–Trinajstić information content (AvgIpc) is 3.15. The standard InChI is InChI=1S/C21H16O7S/c1-21(24,27-2)20-19(29(25,26)12-8-4-3-5-9-12)15-16(22)13-10-6-7-11-14(13)17(23)18(15)28-20/h3-11,24H,1-2H3. The summed E-state index contributed by atoms with van der Waals surface area (Å²) in [4.78, 5) is 25.4. The number of sulfone groups is 1. The van der Waals surface area contributed by atoms with Crippen molar-refractivity contribution < 1.29 is 32.3 Å². The molecule has 0 fully saturated rings. The predicted molar refractivity (Wildman–Crippen MR) is 100 cm³/mol. The Morgan fingerprint density at radius 3 is 2.07 bits per heavy atom. The number of furan rings is 1. The van der Waals surface area contributed by atoms with Crippen molar-refractivity contribution in [2.24, 2.45) is 0 Å². The fourth-order valence-corrected chi connectivity index (χ4v) is 4.97. The Hall–Kier alpha value is -3.07. The molecule has 0 amide bonds. The molecule has 1 N–H and O–H groups in total. The highest BCUT2D eigenvalue weighted by Crippen LogP contribution is 2.42. The zero-order chi connectivity index (χ0) is 21.0. The van der Waals surface area contributed by atoms with Gasteiger partial charge in [0.1, 0.15) is 4.90 Å². The minimum absolute atomic E-state index is 0.0684. The van der Waals surface area contributed by atoms with Gasteiger partial charge in [0.05, 0.1) is 10.5 Å². The van der Waals surface area contributed by atoms with Crippen LogP contribution in [0.2, 0.25) is 0 Å². The summed E-state index contributed by atoms with van der Waals surface area (Å²) in [5, 5.41) is 10.6. The number of benzene rings is 2. The number of hydrogen-bond acceptors (Lipinski definition) is 7. The molecule has 4 rings (SSSR count). The second kappa shape index (κ2) is 6.48. The summed E-state index contributed by atoms with van der Waals surface area (Å²) < 4.78 is 37.4. The van der Waals surface area contributed by atoms with Crippen molar-refractivity contribution in [1.82, 2.24) is 0 Å². The van der Waals surface area contributed by atoms with Crippen LogP contribution in [0.5, 0.6) is 0 Å². The summed E-state index contributed by atoms with van der Waals surface area (Å²) >= 11 is 0. The van der Waals surface area contributed by atoms with Crippen molar-refractivity contribution in [3.8, 4) is 0 Å². The average molecular weight is 412 g/mol. The minimum atomic E-state index is -4.33. The third-order valence-electron chi connectivity index (χ3n) is 4.86. The third-order valence-corrected chi connectivity index (χ3v) is 6.67. The van der Waals surface area contributed by atoms with Gasteiger partial charge in [-0.3, -0.25) is 9.59 Å². The summed E-state index contributed by atoms with van der Waals surface area (Å²) in [5.41, 5.74) is -0.227. The first kappa shape index (κ1) is 19.3. The van der Waals surface area contributed by atoms with E-state index in [-0.39, 0.29) is 16.0 Å². The highest BCUT2D eigenvalue weighted by Gasteiger charge is 2.46. The number of ether oxygens (including phenoxy) is 1. The highest BCUT2D eigenvalue weighted by atomic mass is 32.2. The van der Waals surface area contributed by atoms with E-state index in [1.54, 1.807) is 18.2 Å². The van der Waals surface area contributed by atoms with Gasteiger partial charge < -0.3 is 14.3 Å². The first-order valence-corrected chi connectivity index (χ1v) is 10.1. The molecule has 0 bridgehead atoms. The van der Waals surface area contributed by atoms with Crippen molar-refractivity contribution in [3.63, 3.8) is 0 Å². The Morgan fingerprint density at radius 1 is 0.931 bits per heavy atom. The molecule has 29 heavy (non-hydrogen) atoms. The van der Waals surface area contributed by atoms with Gasteiger partial charge in [0.15, 0.2) is 17.3 Å². The zero-order valence-corrected chi connectivity index (χ0v) is 16.3. The molecule has 7 nitrogen and oxygen atoms in total. The predicted octanol–water partition coefficient (Wildman–Crippen LogP) is 2.70. The van der Waals surface area contributed by atoms with Crippen LogP contribution >= 0.6 is 0 Å². The van der Waals surface area contributed by atoms with Crippen LogP contribution < -0.4 is 0 Å². The molecule has 0 radical (unpaired) electrons. The first-order valence-electron chi connectivity index (χ1n) is 8.63. The maximum atomic E-state index is 13.4. The van der Waals surface area contributed by atoms with Gasteiger partial charge in [-0.2, -0.15) is 0 Å². The Morgan fingerprint density at radius 2 is 1.48 bits per heavy atom. The van der Waals surface area contributed by atoms with Gasteiger partial charge in [0.2, 0.25) is 21.4 Å². The molecule has 0 saturated heterocycles. The van der Waals surface area contributed by atoms with Crippen molar-refractivity contribution >= 4 is 21.4 Å². The molecule has 1 aromatic heterocycles. The van der Waals surface area contributed by atoms with Crippen molar-refractivity contribution in [1.29, 1.82) is 0 Å². The van der Waals surface area contributed by atoms with E-state index in [0.717, 1.165) is 7.11 Å². The maximum Gasteiger partial charge on any atom is 0.229 e. The number of ketones is 2. The van der Waals surface area contributed by atoms with Crippen molar-refractivity contribution in [2.45, 2.75) is 22.5 Å². The Labute approximate surface area is 166 Å². The molecule has 0 spiro atoms. The zero-order valence-electron chi connectivity index (χ0n) is 15.5. The summed E-state index contributed by atoms with van der Waals surface area (Å²) in [6, 6.07) is 13.5. The lowest BCUT2D eigenvalue weighted by Crippen LogP contribution is -2.26. The molecule has 3 aromatic rings. The van der Waals surface area contributed by atoms with Gasteiger partial charge in [-0.25, -0.2) is 8.42 Å². The van der Waals surface area contributed by atoms with Gasteiger partial charge in [-0.15, -0.1) is 0 Å². The van der Waals surface area contributed by atoms with Crippen LogP contribution in [0.25, 0.3) is 0 Å². The molecule has 1 atom stereocenters. The van der Waals surface area contributed by atoms with Crippen LogP contribution in [0.15, 0.2) is 68.8 Å². The smallest absolute Gasteiger partial charge is 0.229 e. The number of carbonyl (C=O) groups excluding carboxylic acids is 2. The van der Waals surface area contributed by atoms with Crippen LogP contribution in [0, 0.1) is 0 Å². The van der Waals surface area contributed by atoms with E-state index < -0.39 is 49.2 Å². The van der Waals surface area contributed by atoms with E-state index in [1.807, 2.05) is 0 Å². The van der Waals surface area contributed by atoms with Crippen LogP contribution in [-0.4, -0.2) is 32.2 Å². The minimum Gasteiger partial charge on any atom is -0.450 e. The van der Waals surface area contributed by atoms with Gasteiger partial charge >= 0.3 is 0 Å². The lowest BCUT2D eigenvalue weighted by molar-refractivity contribution is -0.193. The van der Waals surface area contributed by atoms with Crippen molar-refractivity contribution in [3.05, 3.63) is 82.8 Å². The fraction of sp³-hybridized carbons (Fsp3) is 0.143. The fourth-order valence-electron chi connectivity index (χ4n) is 3.29. The molecule has 0 saturated carbocycles. The van der Waals surface area contributed by atoms with Crippen molar-refractivity contribution in [2.75, 3.05) is 7.11 Å². The normalized spacial score (nSPS) is 15.6. The van der Waals surface area contributed by atoms with E-state index in [9.17, 15) is 23.1 Å². The maximum absolute atomic E-state index is 13.4. The van der Waals surface area contributed by atoms with E-state index in [4.69, 9.17) is 9.15 Å². The number of carbonyl (C=O) groups is 2. The summed E-state index contributed by atoms with van der Waals surface area (Å²) in [6.07, 6.45) is 0. The largest absolute Gasteiger partial charge is 0.450 e. The van der Waals surface area contributed by atoms with Crippen LogP contribution in [0.4, 0.5) is 0 Å². The highest BCUT2D eigenvalue weighted by molar-refractivity contribution is 7.91. The number of fused-ring (bicyclic) bond motifs is 2. The molecule has 2 aromatic carbocycles. The molecule has 1 aliphatic rings. The van der Waals surface area contributed by atoms with Crippen LogP contribution in [0.3, 0.4) is 0 Å². The molecule has 8 heteroatoms. The molecule has 0 aliphatic heterocycles. The van der Waals surface area contributed by atoms with E-state index >= 15 is 0 Å². The monoisotopic (exact) mass is 412 g/mol. The number of methoxy groups -OCH3 is 1. The molecule has 148 valence electrons. The van der Waals surface area contributed by atoms with E-state index in [2.05, 4.69) is 0 Å². The van der Waals surface area contributed by atoms with Crippen LogP contribution in [0.1, 0.15) is 44.7 Å². The molecule has 1 heterocycles. The number of aliphatic hydroxyl groups is 1. The van der Waals surface area contributed by atoms with E-state index in [1.165, 1.54) is 43.3 Å². The Bertz CT molecular complexity index is 1250. The Balaban J connectivity index is 2.10. The van der Waals surface area contributed by atoms with Gasteiger partial charge in [0.25, 0.3) is 0 Å². The number of rotatable bonds is 4. The molecule has 1 unspecified atom stereocenters. The lowest BCUT2D eigenvalue weighted by atomic mass is 9.88. The third kappa shape index (κ3) is 2.76. The second-order valence-electron chi connectivity index (χ2n) is 6.67. The lowest BCUT2D eigenvalue weighted by Gasteiger charge is -2.20. The topological polar surface area (TPSA) is 111 Å². The van der Waals surface area contributed by atoms with E-state index in [0.29, 0.717) is 0 Å². The molecule has 1 aliphatic carbocycles. The SMILES string of the molecule is COC(C)(O)c1oc2c(c1S(=O)(=O)c1ccccc1)C(=O)c1ccccc1C2=O. The molecular formula is C21H16O7S. The van der Waals surface area contributed by atoms with Gasteiger partial charge in [-0.1, -0.05) is 42.5 Å². The summed E-state index contributed by atoms with van der Waals surface area (Å²) in [5.74, 6) is -4.47. The Kier molecular flexibility index (Phi) is 4.30. The second-order valence-corrected chi connectivity index (χ2v) is 8.56.